The molecule has 0 radical (unpaired) electrons. The summed E-state index contributed by atoms with van der Waals surface area (Å²) in [4.78, 5) is 49.8. The summed E-state index contributed by atoms with van der Waals surface area (Å²) in [6.07, 6.45) is -5.64. The molecule has 11 unspecified atom stereocenters. The summed E-state index contributed by atoms with van der Waals surface area (Å²) in [7, 11) is 1.22. The van der Waals surface area contributed by atoms with Crippen LogP contribution in [0.2, 0.25) is 0 Å². The minimum atomic E-state index is -3.95. The number of ether oxygens (including phenoxy) is 10. The standard InChI is InChI=1S/C56H111NO31P4S4/c1-40-44(33-58)86-53(41(2)48(40)62)76-23-10-13-27-80-90(68,94)83-30-16-20-73-37-56(36-72-19-8-6-7-9-26-79-89(67,93)71-5,38-74-21-17-31-84-91(69,95)81-28-14-11-24-77-54-42(3)49(63)50(64)45(34-59)87-54)39-75-22-18-32-85-92(70,96)82-29-15-12-25-78-55-47(57-43(4)61)52(66)51(65)46(35-60)88-55/h40-42,44-55,58-60,62-66H,6-39H2,1-5H3,(H,57,61)(H,67,93)(H,68,94)(H,69,95)(H,70,96)/p-4/t40-,41?,42?,44?,45?,46?,47?,48-,49+,50-,51-,52+,53+,54+,55+,56?,89?,90?,91?,92?/m0/s1. The quantitative estimate of drug-likeness (QED) is 0.0230. The SMILES string of the molecule is COP([O-])(=S)OCCCCCCOCC(COCCCOP(=O)([S-])OCCCCO[C@@H]1OC(CO)[C@H](C)[C@H](O)C1C)(COCCCOP([O-])(=S)OCCCCO[C@@H]1OC(CO)[C@H](O)[C@H](O)C1C)COCCCOP([O-])(=S)OCCCCO[C@@H]1OC(CO)[C@H](O)[C@H](O)C1NC(C)=O. The van der Waals surface area contributed by atoms with Gasteiger partial charge in [0, 0.05) is 78.0 Å². The van der Waals surface area contributed by atoms with Crippen LogP contribution in [0.25, 0.3) is 0 Å². The van der Waals surface area contributed by atoms with Gasteiger partial charge >= 0.3 is 0 Å². The summed E-state index contributed by atoms with van der Waals surface area (Å²) in [5.74, 6) is -1.62. The van der Waals surface area contributed by atoms with Gasteiger partial charge in [-0.15, -0.1) is 0 Å². The van der Waals surface area contributed by atoms with Crippen LogP contribution >= 0.6 is 27.0 Å². The van der Waals surface area contributed by atoms with Crippen LogP contribution in [0, 0.1) is 23.2 Å². The fourth-order valence-electron chi connectivity index (χ4n) is 9.86. The van der Waals surface area contributed by atoms with Crippen molar-refractivity contribution in [1.82, 2.24) is 5.32 Å². The molecule has 3 fully saturated rings. The van der Waals surface area contributed by atoms with Crippen molar-refractivity contribution in [1.29, 1.82) is 0 Å². The molecular weight excluding hydrogens is 1430 g/mol. The molecule has 9 N–H and O–H groups in total. The van der Waals surface area contributed by atoms with Crippen LogP contribution in [0.5, 0.6) is 0 Å². The molecule has 0 spiro atoms. The molecule has 3 heterocycles. The fourth-order valence-corrected chi connectivity index (χ4v) is 14.2. The lowest BCUT2D eigenvalue weighted by atomic mass is 9.86. The molecule has 3 aliphatic heterocycles. The topological polar surface area (TPSA) is 443 Å². The van der Waals surface area contributed by atoms with Crippen LogP contribution in [0.4, 0.5) is 0 Å². The molecule has 3 rings (SSSR count). The molecule has 20 atom stereocenters. The maximum atomic E-state index is 13.1. The summed E-state index contributed by atoms with van der Waals surface area (Å²) < 4.78 is 115. The molecule has 1 amide bonds. The Hall–Kier alpha value is 0.840. The van der Waals surface area contributed by atoms with Crippen molar-refractivity contribution in [3.63, 3.8) is 0 Å². The molecule has 0 aliphatic carbocycles. The van der Waals surface area contributed by atoms with E-state index in [0.717, 1.165) is 12.8 Å². The number of hydrogen-bond donors (Lipinski definition) is 9. The van der Waals surface area contributed by atoms with E-state index in [0.29, 0.717) is 58.0 Å². The molecule has 0 aromatic heterocycles. The zero-order valence-electron chi connectivity index (χ0n) is 55.6. The Balaban J connectivity index is 1.56. The van der Waals surface area contributed by atoms with Gasteiger partial charge in [0.2, 0.25) is 5.91 Å². The van der Waals surface area contributed by atoms with Gasteiger partial charge < -0.3 is 157 Å². The van der Waals surface area contributed by atoms with Crippen LogP contribution in [0.15, 0.2) is 0 Å². The molecule has 0 aromatic rings. The lowest BCUT2D eigenvalue weighted by Crippen LogP contribution is -2.64. The van der Waals surface area contributed by atoms with E-state index in [9.17, 15) is 64.9 Å². The monoisotopic (exact) mass is 1540 g/mol. The average Bonchev–Trinajstić information content (AvgIpc) is 0.883. The molecule has 96 heavy (non-hydrogen) atoms. The minimum absolute atomic E-state index is 0.00527. The van der Waals surface area contributed by atoms with E-state index in [-0.39, 0.29) is 150 Å². The predicted molar refractivity (Wildman–Crippen MR) is 352 cm³/mol. The van der Waals surface area contributed by atoms with Gasteiger partial charge in [0.25, 0.3) is 0 Å². The maximum absolute atomic E-state index is 13.1. The van der Waals surface area contributed by atoms with Crippen LogP contribution < -0.4 is 20.0 Å². The number of hydrogen-bond acceptors (Lipinski definition) is 35. The Bertz CT molecular complexity index is 2190. The van der Waals surface area contributed by atoms with E-state index >= 15 is 0 Å². The Morgan fingerprint density at radius 3 is 1.20 bits per heavy atom. The maximum Gasteiger partial charge on any atom is 0.217 e. The van der Waals surface area contributed by atoms with Gasteiger partial charge in [-0.3, -0.25) is 9.36 Å². The first-order chi connectivity index (χ1) is 45.6. The highest BCUT2D eigenvalue weighted by atomic mass is 32.7. The van der Waals surface area contributed by atoms with Crippen molar-refractivity contribution in [2.75, 3.05) is 146 Å². The average molecular weight is 1540 g/mol. The molecule has 32 nitrogen and oxygen atoms in total. The molecule has 40 heteroatoms. The number of nitrogens with one attached hydrogen (secondary N) is 1. The van der Waals surface area contributed by atoms with Crippen molar-refractivity contribution in [2.24, 2.45) is 23.2 Å². The normalized spacial score (nSPS) is 29.7. The third kappa shape index (κ3) is 36.7. The Morgan fingerprint density at radius 1 is 0.448 bits per heavy atom. The second kappa shape index (κ2) is 49.6. The molecular formula is C56H107NO31P4S4-4. The Kier molecular flexibility index (Phi) is 47.0. The number of unbranched alkanes of at least 4 members (excludes halogenated alkanes) is 6. The Labute approximate surface area is 585 Å². The first-order valence-electron chi connectivity index (χ1n) is 32.5. The number of rotatable bonds is 57. The highest BCUT2D eigenvalue weighted by Gasteiger charge is 2.46. The molecule has 3 aliphatic rings. The van der Waals surface area contributed by atoms with Gasteiger partial charge in [-0.25, -0.2) is 0 Å². The number of aliphatic hydroxyl groups excluding tert-OH is 8. The van der Waals surface area contributed by atoms with E-state index in [4.69, 9.17) is 131 Å². The van der Waals surface area contributed by atoms with Gasteiger partial charge in [0.1, 0.15) is 56.7 Å². The lowest BCUT2D eigenvalue weighted by Gasteiger charge is -2.42. The third-order valence-corrected chi connectivity index (χ3v) is 22.2. The molecule has 0 aromatic carbocycles. The van der Waals surface area contributed by atoms with Gasteiger partial charge in [-0.1, -0.05) is 69.0 Å². The first-order valence-corrected chi connectivity index (χ1v) is 42.7. The summed E-state index contributed by atoms with van der Waals surface area (Å²) >= 11 is 20.2. The highest BCUT2D eigenvalue weighted by Crippen LogP contribution is 2.46. The first kappa shape index (κ1) is 91.1. The number of carbonyl (C=O) groups is 1. The number of aliphatic hydroxyl groups is 8. The van der Waals surface area contributed by atoms with Gasteiger partial charge in [0.15, 0.2) is 25.7 Å². The second-order valence-electron chi connectivity index (χ2n) is 23.7. The van der Waals surface area contributed by atoms with Crippen LogP contribution in [0.3, 0.4) is 0 Å². The van der Waals surface area contributed by atoms with E-state index in [1.165, 1.54) is 14.0 Å². The van der Waals surface area contributed by atoms with Crippen molar-refractivity contribution >= 4 is 80.5 Å². The van der Waals surface area contributed by atoms with Crippen molar-refractivity contribution in [2.45, 2.75) is 185 Å². The van der Waals surface area contributed by atoms with E-state index < -0.39 is 131 Å². The molecule has 570 valence electrons. The zero-order chi connectivity index (χ0) is 71.2. The van der Waals surface area contributed by atoms with Gasteiger partial charge in [-0.05, 0) is 70.6 Å². The van der Waals surface area contributed by atoms with E-state index in [1.807, 2.05) is 6.92 Å². The molecule has 0 bridgehead atoms. The van der Waals surface area contributed by atoms with Crippen LogP contribution in [-0.2, 0) is 141 Å². The van der Waals surface area contributed by atoms with E-state index in [1.54, 1.807) is 13.8 Å². The number of amides is 1. The highest BCUT2D eigenvalue weighted by molar-refractivity contribution is 8.32. The fraction of sp³-hybridized carbons (Fsp3) is 0.982. The minimum Gasteiger partial charge on any atom is -0.780 e. The molecule has 0 saturated carbocycles. The lowest BCUT2D eigenvalue weighted by molar-refractivity contribution is -0.282. The Morgan fingerprint density at radius 2 is 0.771 bits per heavy atom. The van der Waals surface area contributed by atoms with Gasteiger partial charge in [-0.2, -0.15) is 0 Å². The van der Waals surface area contributed by atoms with Gasteiger partial charge in [0.05, 0.1) is 116 Å². The molecule has 3 saturated heterocycles. The third-order valence-electron chi connectivity index (χ3n) is 15.6. The second-order valence-corrected chi connectivity index (χ2v) is 34.8. The summed E-state index contributed by atoms with van der Waals surface area (Å²) in [5.41, 5.74) is -0.972. The zero-order valence-corrected chi connectivity index (χ0v) is 62.4. The van der Waals surface area contributed by atoms with Crippen molar-refractivity contribution in [3.05, 3.63) is 0 Å². The summed E-state index contributed by atoms with van der Waals surface area (Å²) in [5, 5.41) is 82.9. The van der Waals surface area contributed by atoms with Crippen molar-refractivity contribution < 1.29 is 148 Å². The van der Waals surface area contributed by atoms with Crippen LogP contribution in [-0.4, -0.2) is 266 Å². The smallest absolute Gasteiger partial charge is 0.217 e. The van der Waals surface area contributed by atoms with Crippen LogP contribution in [0.1, 0.15) is 111 Å². The van der Waals surface area contributed by atoms with E-state index in [2.05, 4.69) is 5.32 Å². The number of carbonyl (C=O) groups excluding carboxylic acids is 1. The largest absolute Gasteiger partial charge is 0.780 e. The van der Waals surface area contributed by atoms with Crippen molar-refractivity contribution in [3.8, 4) is 0 Å². The summed E-state index contributed by atoms with van der Waals surface area (Å²) in [6, 6.07) is -1.11. The summed E-state index contributed by atoms with van der Waals surface area (Å²) in [6.45, 7) is -9.02. The predicted octanol–water partition coefficient (Wildman–Crippen LogP) is 0.701.